The van der Waals surface area contributed by atoms with Crippen LogP contribution in [0.25, 0.3) is 11.0 Å². The highest BCUT2D eigenvalue weighted by Crippen LogP contribution is 2.19. The first-order chi connectivity index (χ1) is 7.70. The molecule has 2 aromatic heterocycles. The number of hydrogen-bond donors (Lipinski definition) is 3. The van der Waals surface area contributed by atoms with E-state index in [2.05, 4.69) is 30.9 Å². The van der Waals surface area contributed by atoms with Crippen LogP contribution in [0.15, 0.2) is 6.20 Å². The number of rotatable bonds is 4. The summed E-state index contributed by atoms with van der Waals surface area (Å²) in [5.41, 5.74) is 3.83. The second-order valence-corrected chi connectivity index (χ2v) is 3.56. The maximum Gasteiger partial charge on any atom is 0.226 e. The summed E-state index contributed by atoms with van der Waals surface area (Å²) < 4.78 is 0. The number of nitrogens with one attached hydrogen (secondary N) is 3. The lowest BCUT2D eigenvalue weighted by Gasteiger charge is -2.13. The smallest absolute Gasteiger partial charge is 0.226 e. The molecule has 0 radical (unpaired) electrons. The molecule has 0 atom stereocenters. The van der Waals surface area contributed by atoms with E-state index in [4.69, 9.17) is 0 Å². The molecule has 86 valence electrons. The molecule has 0 aliphatic rings. The van der Waals surface area contributed by atoms with Gasteiger partial charge in [-0.1, -0.05) is 0 Å². The van der Waals surface area contributed by atoms with Gasteiger partial charge in [0.05, 0.1) is 11.6 Å². The highest BCUT2D eigenvalue weighted by atomic mass is 15.5. The van der Waals surface area contributed by atoms with Gasteiger partial charge in [0, 0.05) is 20.6 Å². The van der Waals surface area contributed by atoms with Crippen LogP contribution in [0.2, 0.25) is 0 Å². The molecule has 0 aromatic carbocycles. The number of H-pyrrole nitrogens is 1. The van der Waals surface area contributed by atoms with Crippen LogP contribution in [0.1, 0.15) is 6.92 Å². The van der Waals surface area contributed by atoms with Crippen molar-refractivity contribution in [3.63, 3.8) is 0 Å². The van der Waals surface area contributed by atoms with Crippen LogP contribution in [0.5, 0.6) is 0 Å². The Morgan fingerprint density at radius 3 is 2.88 bits per heavy atom. The zero-order valence-electron chi connectivity index (χ0n) is 9.57. The third-order valence-corrected chi connectivity index (χ3v) is 1.97. The first-order valence-corrected chi connectivity index (χ1v) is 5.09. The van der Waals surface area contributed by atoms with Gasteiger partial charge in [0.15, 0.2) is 11.5 Å². The normalized spacial score (nSPS) is 11.0. The van der Waals surface area contributed by atoms with Crippen LogP contribution >= 0.6 is 0 Å². The molecule has 0 fully saturated rings. The van der Waals surface area contributed by atoms with E-state index in [1.165, 1.54) is 0 Å². The van der Waals surface area contributed by atoms with E-state index >= 15 is 0 Å². The van der Waals surface area contributed by atoms with Crippen molar-refractivity contribution in [2.24, 2.45) is 0 Å². The van der Waals surface area contributed by atoms with E-state index in [0.717, 1.165) is 23.4 Å². The number of aromatic amines is 1. The fourth-order valence-electron chi connectivity index (χ4n) is 1.37. The molecule has 0 spiro atoms. The zero-order chi connectivity index (χ0) is 11.5. The minimum Gasteiger partial charge on any atom is -0.354 e. The van der Waals surface area contributed by atoms with Gasteiger partial charge in [0.2, 0.25) is 5.95 Å². The van der Waals surface area contributed by atoms with E-state index in [0.29, 0.717) is 5.95 Å². The Labute approximate surface area is 93.2 Å². The Hall–Kier alpha value is -1.89. The molecule has 0 aliphatic heterocycles. The summed E-state index contributed by atoms with van der Waals surface area (Å²) in [4.78, 5) is 8.66. The number of nitrogens with zero attached hydrogens (tertiary/aromatic N) is 4. The van der Waals surface area contributed by atoms with Crippen molar-refractivity contribution in [2.45, 2.75) is 6.92 Å². The number of hydrazine groups is 1. The second kappa shape index (κ2) is 4.31. The summed E-state index contributed by atoms with van der Waals surface area (Å²) >= 11 is 0. The average molecular weight is 221 g/mol. The fourth-order valence-corrected chi connectivity index (χ4v) is 1.37. The van der Waals surface area contributed by atoms with Gasteiger partial charge in [-0.25, -0.2) is 5.01 Å². The molecule has 0 aliphatic carbocycles. The number of fused-ring (bicyclic) bond motifs is 1. The molecule has 16 heavy (non-hydrogen) atoms. The molecule has 3 N–H and O–H groups in total. The number of anilines is 2. The zero-order valence-corrected chi connectivity index (χ0v) is 9.57. The van der Waals surface area contributed by atoms with E-state index in [1.807, 2.05) is 26.0 Å². The molecular formula is C9H15N7. The summed E-state index contributed by atoms with van der Waals surface area (Å²) in [5, 5.41) is 12.6. The third-order valence-electron chi connectivity index (χ3n) is 1.97. The lowest BCUT2D eigenvalue weighted by molar-refractivity contribution is 0.493. The van der Waals surface area contributed by atoms with Crippen LogP contribution in [0, 0.1) is 0 Å². The first kappa shape index (κ1) is 10.6. The van der Waals surface area contributed by atoms with Crippen molar-refractivity contribution in [1.29, 1.82) is 0 Å². The maximum absolute atomic E-state index is 4.37. The quantitative estimate of drug-likeness (QED) is 0.658. The highest BCUT2D eigenvalue weighted by molar-refractivity contribution is 5.86. The molecule has 2 aromatic rings. The molecule has 0 unspecified atom stereocenters. The lowest BCUT2D eigenvalue weighted by Crippen LogP contribution is -2.21. The Balaban J connectivity index is 2.46. The Morgan fingerprint density at radius 2 is 2.19 bits per heavy atom. The van der Waals surface area contributed by atoms with Crippen LogP contribution in [-0.2, 0) is 0 Å². The Bertz CT molecular complexity index is 476. The fraction of sp³-hybridized carbons (Fsp3) is 0.444. The second-order valence-electron chi connectivity index (χ2n) is 3.56. The van der Waals surface area contributed by atoms with Crippen LogP contribution in [-0.4, -0.2) is 45.8 Å². The van der Waals surface area contributed by atoms with E-state index in [-0.39, 0.29) is 0 Å². The average Bonchev–Trinajstić information content (AvgIpc) is 2.65. The summed E-state index contributed by atoms with van der Waals surface area (Å²) in [5.74, 6) is 1.32. The van der Waals surface area contributed by atoms with Crippen molar-refractivity contribution in [3.8, 4) is 0 Å². The van der Waals surface area contributed by atoms with Crippen molar-refractivity contribution in [3.05, 3.63) is 6.20 Å². The van der Waals surface area contributed by atoms with Gasteiger partial charge in [-0.3, -0.25) is 5.10 Å². The van der Waals surface area contributed by atoms with Gasteiger partial charge in [-0.2, -0.15) is 15.1 Å². The van der Waals surface area contributed by atoms with E-state index in [9.17, 15) is 0 Å². The monoisotopic (exact) mass is 221 g/mol. The predicted octanol–water partition coefficient (Wildman–Crippen LogP) is 0.673. The molecule has 7 heteroatoms. The molecule has 0 saturated carbocycles. The number of aromatic nitrogens is 4. The van der Waals surface area contributed by atoms with Gasteiger partial charge in [-0.15, -0.1) is 0 Å². The summed E-state index contributed by atoms with van der Waals surface area (Å²) in [7, 11) is 3.81. The molecule has 2 heterocycles. The topological polar surface area (TPSA) is 81.8 Å². The van der Waals surface area contributed by atoms with Crippen LogP contribution < -0.4 is 10.7 Å². The molecule has 2 rings (SSSR count). The van der Waals surface area contributed by atoms with Gasteiger partial charge in [-0.05, 0) is 6.92 Å². The molecule has 7 nitrogen and oxygen atoms in total. The minimum absolute atomic E-state index is 0.587. The standard InChI is InChI=1S/C9H15N7/c1-4-10-9-12-7-6(5-11-14-7)8(13-9)15-16(2)3/h5H,4H2,1-3H3,(H3,10,11,12,13,14,15). The molecule has 0 amide bonds. The lowest BCUT2D eigenvalue weighted by atomic mass is 10.4. The SMILES string of the molecule is CCNc1nc(NN(C)C)c2cn[nH]c2n1. The van der Waals surface area contributed by atoms with Crippen LogP contribution in [0.4, 0.5) is 11.8 Å². The Morgan fingerprint density at radius 1 is 1.38 bits per heavy atom. The summed E-state index contributed by atoms with van der Waals surface area (Å²) in [6.45, 7) is 2.78. The van der Waals surface area contributed by atoms with Crippen LogP contribution in [0.3, 0.4) is 0 Å². The van der Waals surface area contributed by atoms with Crippen molar-refractivity contribution >= 4 is 22.8 Å². The first-order valence-electron chi connectivity index (χ1n) is 5.09. The highest BCUT2D eigenvalue weighted by Gasteiger charge is 2.09. The third kappa shape index (κ3) is 2.03. The Kier molecular flexibility index (Phi) is 2.86. The van der Waals surface area contributed by atoms with Crippen molar-refractivity contribution in [1.82, 2.24) is 25.2 Å². The van der Waals surface area contributed by atoms with Gasteiger partial charge in [0.1, 0.15) is 0 Å². The molecule has 0 bridgehead atoms. The van der Waals surface area contributed by atoms with Gasteiger partial charge in [0.25, 0.3) is 0 Å². The van der Waals surface area contributed by atoms with Gasteiger partial charge < -0.3 is 10.7 Å². The summed E-state index contributed by atoms with van der Waals surface area (Å²) in [6.07, 6.45) is 1.71. The largest absolute Gasteiger partial charge is 0.354 e. The summed E-state index contributed by atoms with van der Waals surface area (Å²) in [6, 6.07) is 0. The van der Waals surface area contributed by atoms with Crippen molar-refractivity contribution < 1.29 is 0 Å². The maximum atomic E-state index is 4.37. The minimum atomic E-state index is 0.587. The predicted molar refractivity (Wildman–Crippen MR) is 63.2 cm³/mol. The van der Waals surface area contributed by atoms with E-state index < -0.39 is 0 Å². The molecule has 0 saturated heterocycles. The van der Waals surface area contributed by atoms with Crippen molar-refractivity contribution in [2.75, 3.05) is 31.4 Å². The van der Waals surface area contributed by atoms with Gasteiger partial charge >= 0.3 is 0 Å². The number of hydrogen-bond acceptors (Lipinski definition) is 6. The molecular weight excluding hydrogens is 206 g/mol. The van der Waals surface area contributed by atoms with E-state index in [1.54, 1.807) is 6.20 Å².